The lowest BCUT2D eigenvalue weighted by Gasteiger charge is -2.44. The number of hydrogen-bond donors (Lipinski definition) is 1. The van der Waals surface area contributed by atoms with Crippen LogP contribution in [0.15, 0.2) is 82.6 Å². The van der Waals surface area contributed by atoms with Crippen LogP contribution in [0.5, 0.6) is 0 Å². The number of carbonyl (C=O) groups is 3. The van der Waals surface area contributed by atoms with Gasteiger partial charge < -0.3 is 15.2 Å². The number of Topliss-reactive ketones (excluding diaryl/α,β-unsaturated/α-hetero) is 1. The molecule has 1 aliphatic heterocycles. The van der Waals surface area contributed by atoms with Crippen molar-refractivity contribution in [2.75, 3.05) is 18.1 Å². The minimum Gasteiger partial charge on any atom is -0.465 e. The number of benzene rings is 2. The Balaban J connectivity index is 1.83. The van der Waals surface area contributed by atoms with Gasteiger partial charge in [-0.25, -0.2) is 9.18 Å². The zero-order chi connectivity index (χ0) is 31.7. The van der Waals surface area contributed by atoms with Crippen molar-refractivity contribution in [3.8, 4) is 0 Å². The Morgan fingerprint density at radius 1 is 1.11 bits per heavy atom. The fourth-order valence-corrected chi connectivity index (χ4v) is 6.84. The van der Waals surface area contributed by atoms with Crippen LogP contribution >= 0.6 is 11.3 Å². The van der Waals surface area contributed by atoms with E-state index in [1.807, 2.05) is 17.5 Å². The largest absolute Gasteiger partial charge is 0.465 e. The summed E-state index contributed by atoms with van der Waals surface area (Å²) in [4.78, 5) is 55.1. The Morgan fingerprint density at radius 3 is 2.41 bits per heavy atom. The molecule has 0 bridgehead atoms. The number of nitro benzene ring substituents is 1. The molecule has 10 nitrogen and oxygen atoms in total. The van der Waals surface area contributed by atoms with Crippen LogP contribution in [0, 0.1) is 28.8 Å². The number of carbonyl (C=O) groups excluding carboxylic acids is 3. The number of ether oxygens (including phenoxy) is 2. The molecule has 0 fully saturated rings. The van der Waals surface area contributed by atoms with E-state index in [4.69, 9.17) is 15.2 Å². The molecule has 2 N–H and O–H groups in total. The average Bonchev–Trinajstić information content (AvgIpc) is 3.52. The Labute approximate surface area is 256 Å². The average molecular weight is 620 g/mol. The topological polar surface area (TPSA) is 142 Å². The van der Waals surface area contributed by atoms with E-state index >= 15 is 0 Å². The number of aryl methyl sites for hydroxylation is 1. The first-order valence-electron chi connectivity index (χ1n) is 14.0. The van der Waals surface area contributed by atoms with E-state index in [0.29, 0.717) is 22.5 Å². The van der Waals surface area contributed by atoms with Gasteiger partial charge in [0.2, 0.25) is 0 Å². The van der Waals surface area contributed by atoms with E-state index in [0.717, 1.165) is 4.88 Å². The highest BCUT2D eigenvalue weighted by Crippen LogP contribution is 2.52. The minimum atomic E-state index is -1.22. The molecule has 0 saturated carbocycles. The molecule has 1 aliphatic carbocycles. The van der Waals surface area contributed by atoms with Crippen molar-refractivity contribution in [1.82, 2.24) is 0 Å². The SMILES string of the molecule is CCOC(=O)C1=C(N)N(c2ccc([N+](=O)[O-])cc2C)C2=C(C(=O)[C@H](C(=O)OCC)[C@H](c3cccs3)C2)[C@@H]1c1ccc(F)cc1. The normalized spacial score (nSPS) is 20.0. The standard InChI is InChI=1S/C32H30FN3O7S/c1-4-42-31(38)26-21(24-7-6-14-44-24)16-23-27(29(26)37)25(18-8-10-19(33)11-9-18)28(32(39)43-5-2)30(34)35(23)22-13-12-20(36(40)41)15-17(22)3/h6-15,21,25-26H,4-5,16,34H2,1-3H3/t21-,25-,26+/m0/s1. The van der Waals surface area contributed by atoms with E-state index in [9.17, 15) is 28.9 Å². The zero-order valence-corrected chi connectivity index (χ0v) is 25.1. The highest BCUT2D eigenvalue weighted by atomic mass is 32.1. The van der Waals surface area contributed by atoms with Gasteiger partial charge in [0.15, 0.2) is 5.78 Å². The number of allylic oxidation sites excluding steroid dienone is 2. The number of thiophene rings is 1. The number of hydrogen-bond acceptors (Lipinski definition) is 10. The number of anilines is 1. The minimum absolute atomic E-state index is 0.00800. The van der Waals surface area contributed by atoms with Crippen LogP contribution in [-0.2, 0) is 23.9 Å². The van der Waals surface area contributed by atoms with Crippen LogP contribution < -0.4 is 10.6 Å². The molecule has 3 atom stereocenters. The van der Waals surface area contributed by atoms with Crippen molar-refractivity contribution >= 4 is 40.4 Å². The van der Waals surface area contributed by atoms with Gasteiger partial charge in [-0.3, -0.25) is 24.6 Å². The number of esters is 2. The Kier molecular flexibility index (Phi) is 8.63. The Hall–Kier alpha value is -4.84. The lowest BCUT2D eigenvalue weighted by atomic mass is 9.68. The molecule has 1 aromatic heterocycles. The summed E-state index contributed by atoms with van der Waals surface area (Å²) < 4.78 is 24.9. The maximum absolute atomic E-state index is 14.7. The van der Waals surface area contributed by atoms with Gasteiger partial charge in [0, 0.05) is 34.2 Å². The summed E-state index contributed by atoms with van der Waals surface area (Å²) in [5.74, 6) is -5.54. The molecule has 0 unspecified atom stereocenters. The van der Waals surface area contributed by atoms with Crippen LogP contribution in [0.4, 0.5) is 15.8 Å². The van der Waals surface area contributed by atoms with Crippen molar-refractivity contribution in [3.05, 3.63) is 115 Å². The first-order chi connectivity index (χ1) is 21.1. The molecule has 2 aliphatic rings. The Morgan fingerprint density at radius 2 is 1.82 bits per heavy atom. The van der Waals surface area contributed by atoms with Gasteiger partial charge in [-0.05, 0) is 68.0 Å². The second kappa shape index (κ2) is 12.4. The third-order valence-corrected chi connectivity index (χ3v) is 8.82. The van der Waals surface area contributed by atoms with E-state index in [1.54, 1.807) is 25.7 Å². The third kappa shape index (κ3) is 5.37. The predicted octanol–water partition coefficient (Wildman–Crippen LogP) is 5.63. The molecular formula is C32H30FN3O7S. The van der Waals surface area contributed by atoms with Gasteiger partial charge in [-0.15, -0.1) is 11.3 Å². The fourth-order valence-electron chi connectivity index (χ4n) is 5.98. The lowest BCUT2D eigenvalue weighted by molar-refractivity contribution is -0.384. The Bertz CT molecular complexity index is 1700. The molecule has 0 radical (unpaired) electrons. The highest BCUT2D eigenvalue weighted by molar-refractivity contribution is 7.10. The van der Waals surface area contributed by atoms with Crippen LogP contribution in [0.25, 0.3) is 0 Å². The van der Waals surface area contributed by atoms with Gasteiger partial charge in [-0.1, -0.05) is 18.2 Å². The van der Waals surface area contributed by atoms with Crippen molar-refractivity contribution in [3.63, 3.8) is 0 Å². The third-order valence-electron chi connectivity index (χ3n) is 7.82. The van der Waals surface area contributed by atoms with Crippen molar-refractivity contribution in [1.29, 1.82) is 0 Å². The second-order valence-electron chi connectivity index (χ2n) is 10.3. The predicted molar refractivity (Wildman–Crippen MR) is 161 cm³/mol. The molecule has 0 saturated heterocycles. The molecule has 5 rings (SSSR count). The summed E-state index contributed by atoms with van der Waals surface area (Å²) in [7, 11) is 0. The van der Waals surface area contributed by atoms with Gasteiger partial charge in [0.25, 0.3) is 5.69 Å². The number of nitrogens with zero attached hydrogens (tertiary/aromatic N) is 2. The molecule has 44 heavy (non-hydrogen) atoms. The van der Waals surface area contributed by atoms with Gasteiger partial charge in [0.05, 0.1) is 35.3 Å². The molecular weight excluding hydrogens is 589 g/mol. The first kappa shape index (κ1) is 30.6. The lowest BCUT2D eigenvalue weighted by Crippen LogP contribution is -2.46. The fraction of sp³-hybridized carbons (Fsp3) is 0.281. The number of nitrogens with two attached hydrogens (primary N) is 1. The molecule has 3 aromatic rings. The van der Waals surface area contributed by atoms with Gasteiger partial charge in [0.1, 0.15) is 17.6 Å². The van der Waals surface area contributed by atoms with Crippen LogP contribution in [-0.4, -0.2) is 35.9 Å². The van der Waals surface area contributed by atoms with Crippen molar-refractivity contribution < 1.29 is 33.2 Å². The molecule has 12 heteroatoms. The van der Waals surface area contributed by atoms with E-state index in [2.05, 4.69) is 0 Å². The summed E-state index contributed by atoms with van der Waals surface area (Å²) >= 11 is 1.39. The highest BCUT2D eigenvalue weighted by Gasteiger charge is 2.51. The summed E-state index contributed by atoms with van der Waals surface area (Å²) in [6.07, 6.45) is 0.149. The molecule has 2 heterocycles. The number of nitro groups is 1. The number of rotatable bonds is 8. The molecule has 2 aromatic carbocycles. The second-order valence-corrected chi connectivity index (χ2v) is 11.3. The summed E-state index contributed by atoms with van der Waals surface area (Å²) in [5.41, 5.74) is 8.43. The number of halogens is 1. The zero-order valence-electron chi connectivity index (χ0n) is 24.2. The van der Waals surface area contributed by atoms with Crippen LogP contribution in [0.3, 0.4) is 0 Å². The summed E-state index contributed by atoms with van der Waals surface area (Å²) in [5, 5.41) is 13.4. The van der Waals surface area contributed by atoms with Crippen LogP contribution in [0.2, 0.25) is 0 Å². The smallest absolute Gasteiger partial charge is 0.338 e. The monoisotopic (exact) mass is 619 g/mol. The van der Waals surface area contributed by atoms with E-state index < -0.39 is 46.2 Å². The molecule has 0 spiro atoms. The van der Waals surface area contributed by atoms with E-state index in [-0.39, 0.29) is 42.3 Å². The maximum atomic E-state index is 14.7. The van der Waals surface area contributed by atoms with Crippen LogP contribution in [0.1, 0.15) is 48.1 Å². The van der Waals surface area contributed by atoms with E-state index in [1.165, 1.54) is 53.8 Å². The summed E-state index contributed by atoms with van der Waals surface area (Å²) in [6.45, 7) is 5.01. The van der Waals surface area contributed by atoms with Crippen molar-refractivity contribution in [2.45, 2.75) is 39.0 Å². The maximum Gasteiger partial charge on any atom is 0.338 e. The number of non-ortho nitro benzene ring substituents is 1. The molecule has 228 valence electrons. The van der Waals surface area contributed by atoms with Gasteiger partial charge >= 0.3 is 11.9 Å². The molecule has 0 amide bonds. The first-order valence-corrected chi connectivity index (χ1v) is 14.9. The quantitative estimate of drug-likeness (QED) is 0.147. The van der Waals surface area contributed by atoms with Crippen molar-refractivity contribution in [2.24, 2.45) is 11.7 Å². The number of ketones is 1. The van der Waals surface area contributed by atoms with Gasteiger partial charge in [-0.2, -0.15) is 0 Å². The summed E-state index contributed by atoms with van der Waals surface area (Å²) in [6, 6.07) is 13.2.